The molecule has 1 saturated heterocycles. The molecule has 0 atom stereocenters. The minimum Gasteiger partial charge on any atom is -0.272 e. The lowest BCUT2D eigenvalue weighted by molar-refractivity contribution is -0.173. The van der Waals surface area contributed by atoms with Crippen LogP contribution in [0, 0.1) is 5.92 Å². The van der Waals surface area contributed by atoms with Gasteiger partial charge in [-0.15, -0.1) is 0 Å². The van der Waals surface area contributed by atoms with Crippen LogP contribution in [0.15, 0.2) is 0 Å². The highest BCUT2D eigenvalue weighted by Gasteiger charge is 2.27. The lowest BCUT2D eigenvalue weighted by atomic mass is 9.99. The highest BCUT2D eigenvalue weighted by Crippen LogP contribution is 2.25. The van der Waals surface area contributed by atoms with Gasteiger partial charge >= 0.3 is 0 Å². The number of nitrogens with zero attached hydrogens (tertiary/aromatic N) is 1. The van der Waals surface area contributed by atoms with Gasteiger partial charge in [-0.25, -0.2) is 5.06 Å². The van der Waals surface area contributed by atoms with Gasteiger partial charge in [-0.2, -0.15) is 0 Å². The SMILES string of the molecule is O=C(C1CCCCCC1)N1CCCO1. The Hall–Kier alpha value is -0.570. The average molecular weight is 197 g/mol. The summed E-state index contributed by atoms with van der Waals surface area (Å²) < 4.78 is 0. The minimum absolute atomic E-state index is 0.240. The van der Waals surface area contributed by atoms with Crippen LogP contribution in [0.5, 0.6) is 0 Å². The van der Waals surface area contributed by atoms with Crippen LogP contribution in [0.4, 0.5) is 0 Å². The monoisotopic (exact) mass is 197 g/mol. The van der Waals surface area contributed by atoms with E-state index in [1.807, 2.05) is 0 Å². The zero-order valence-electron chi connectivity index (χ0n) is 8.71. The van der Waals surface area contributed by atoms with Gasteiger partial charge in [0.2, 0.25) is 5.91 Å². The fourth-order valence-electron chi connectivity index (χ4n) is 2.35. The molecule has 1 amide bonds. The van der Waals surface area contributed by atoms with Gasteiger partial charge in [-0.3, -0.25) is 9.63 Å². The van der Waals surface area contributed by atoms with E-state index in [9.17, 15) is 4.79 Å². The largest absolute Gasteiger partial charge is 0.272 e. The Bertz CT molecular complexity index is 191. The fraction of sp³-hybridized carbons (Fsp3) is 0.909. The first-order valence-electron chi connectivity index (χ1n) is 5.82. The number of rotatable bonds is 1. The Morgan fingerprint density at radius 1 is 1.07 bits per heavy atom. The van der Waals surface area contributed by atoms with Gasteiger partial charge in [0.25, 0.3) is 0 Å². The zero-order valence-corrected chi connectivity index (χ0v) is 8.71. The summed E-state index contributed by atoms with van der Waals surface area (Å²) in [4.78, 5) is 17.2. The Balaban J connectivity index is 1.88. The summed E-state index contributed by atoms with van der Waals surface area (Å²) in [5.41, 5.74) is 0. The summed E-state index contributed by atoms with van der Waals surface area (Å²) >= 11 is 0. The molecule has 0 aromatic heterocycles. The van der Waals surface area contributed by atoms with Crippen LogP contribution in [0.3, 0.4) is 0 Å². The zero-order chi connectivity index (χ0) is 9.80. The molecular formula is C11H19NO2. The normalized spacial score (nSPS) is 25.0. The molecule has 0 N–H and O–H groups in total. The van der Waals surface area contributed by atoms with Gasteiger partial charge in [-0.05, 0) is 19.3 Å². The van der Waals surface area contributed by atoms with Crippen molar-refractivity contribution in [3.8, 4) is 0 Å². The molecule has 0 spiro atoms. The van der Waals surface area contributed by atoms with E-state index in [1.54, 1.807) is 5.06 Å². The Morgan fingerprint density at radius 3 is 2.36 bits per heavy atom. The summed E-state index contributed by atoms with van der Waals surface area (Å²) in [6.07, 6.45) is 8.15. The standard InChI is InChI=1S/C11H19NO2/c13-11(12-8-5-9-14-12)10-6-3-1-2-4-7-10/h10H,1-9H2. The van der Waals surface area contributed by atoms with Gasteiger partial charge in [-0.1, -0.05) is 25.7 Å². The first-order valence-corrected chi connectivity index (χ1v) is 5.82. The third-order valence-electron chi connectivity index (χ3n) is 3.20. The molecule has 2 aliphatic rings. The van der Waals surface area contributed by atoms with Crippen molar-refractivity contribution in [3.63, 3.8) is 0 Å². The van der Waals surface area contributed by atoms with Crippen LogP contribution in [0.25, 0.3) is 0 Å². The van der Waals surface area contributed by atoms with Crippen LogP contribution in [0.1, 0.15) is 44.9 Å². The van der Waals surface area contributed by atoms with Crippen molar-refractivity contribution in [3.05, 3.63) is 0 Å². The number of hydrogen-bond acceptors (Lipinski definition) is 2. The van der Waals surface area contributed by atoms with Crippen molar-refractivity contribution in [2.45, 2.75) is 44.9 Å². The Labute approximate surface area is 85.4 Å². The maximum Gasteiger partial charge on any atom is 0.249 e. The molecule has 1 heterocycles. The minimum atomic E-state index is 0.240. The van der Waals surface area contributed by atoms with E-state index in [0.717, 1.165) is 32.4 Å². The molecule has 1 aliphatic carbocycles. The molecule has 0 aromatic rings. The molecule has 3 nitrogen and oxygen atoms in total. The van der Waals surface area contributed by atoms with Gasteiger partial charge < -0.3 is 0 Å². The van der Waals surface area contributed by atoms with Crippen molar-refractivity contribution >= 4 is 5.91 Å². The highest BCUT2D eigenvalue weighted by atomic mass is 16.7. The second kappa shape index (κ2) is 4.78. The molecule has 80 valence electrons. The van der Waals surface area contributed by atoms with Crippen molar-refractivity contribution < 1.29 is 9.63 Å². The third kappa shape index (κ3) is 2.27. The maximum absolute atomic E-state index is 12.0. The molecule has 0 unspecified atom stereocenters. The van der Waals surface area contributed by atoms with E-state index in [2.05, 4.69) is 0 Å². The van der Waals surface area contributed by atoms with Crippen molar-refractivity contribution in [2.75, 3.05) is 13.2 Å². The van der Waals surface area contributed by atoms with Gasteiger partial charge in [0.05, 0.1) is 13.2 Å². The van der Waals surface area contributed by atoms with Crippen LogP contribution in [0.2, 0.25) is 0 Å². The molecular weight excluding hydrogens is 178 g/mol. The molecule has 14 heavy (non-hydrogen) atoms. The molecule has 2 rings (SSSR count). The van der Waals surface area contributed by atoms with Crippen molar-refractivity contribution in [2.24, 2.45) is 5.92 Å². The summed E-state index contributed by atoms with van der Waals surface area (Å²) in [5, 5.41) is 1.59. The maximum atomic E-state index is 12.0. The Morgan fingerprint density at radius 2 is 1.79 bits per heavy atom. The lowest BCUT2D eigenvalue weighted by Gasteiger charge is -2.20. The van der Waals surface area contributed by atoms with Crippen molar-refractivity contribution in [1.82, 2.24) is 5.06 Å². The van der Waals surface area contributed by atoms with Crippen LogP contribution in [-0.4, -0.2) is 24.1 Å². The Kier molecular flexibility index (Phi) is 3.40. The molecule has 0 bridgehead atoms. The van der Waals surface area contributed by atoms with E-state index in [1.165, 1.54) is 25.7 Å². The summed E-state index contributed by atoms with van der Waals surface area (Å²) in [5.74, 6) is 0.486. The fourth-order valence-corrected chi connectivity index (χ4v) is 2.35. The number of carbonyl (C=O) groups excluding carboxylic acids is 1. The number of carbonyl (C=O) groups is 1. The number of hydroxylamine groups is 2. The molecule has 0 radical (unpaired) electrons. The van der Waals surface area contributed by atoms with Crippen LogP contribution >= 0.6 is 0 Å². The topological polar surface area (TPSA) is 29.5 Å². The number of hydrogen-bond donors (Lipinski definition) is 0. The second-order valence-electron chi connectivity index (χ2n) is 4.32. The van der Waals surface area contributed by atoms with Gasteiger partial charge in [0, 0.05) is 5.92 Å². The van der Waals surface area contributed by atoms with E-state index in [0.29, 0.717) is 0 Å². The van der Waals surface area contributed by atoms with Crippen molar-refractivity contribution in [1.29, 1.82) is 0 Å². The summed E-state index contributed by atoms with van der Waals surface area (Å²) in [7, 11) is 0. The molecule has 2 fully saturated rings. The first-order chi connectivity index (χ1) is 6.88. The molecule has 3 heteroatoms. The first kappa shape index (κ1) is 9.97. The van der Waals surface area contributed by atoms with Gasteiger partial charge in [0.15, 0.2) is 0 Å². The predicted octanol–water partition coefficient (Wildman–Crippen LogP) is 2.12. The molecule has 1 saturated carbocycles. The molecule has 0 aromatic carbocycles. The lowest BCUT2D eigenvalue weighted by Crippen LogP contribution is -2.32. The smallest absolute Gasteiger partial charge is 0.249 e. The predicted molar refractivity (Wildman–Crippen MR) is 53.5 cm³/mol. The second-order valence-corrected chi connectivity index (χ2v) is 4.32. The highest BCUT2D eigenvalue weighted by molar-refractivity contribution is 5.77. The quantitative estimate of drug-likeness (QED) is 0.603. The van der Waals surface area contributed by atoms with E-state index in [-0.39, 0.29) is 11.8 Å². The summed E-state index contributed by atoms with van der Waals surface area (Å²) in [6, 6.07) is 0. The van der Waals surface area contributed by atoms with Crippen LogP contribution in [-0.2, 0) is 9.63 Å². The third-order valence-corrected chi connectivity index (χ3v) is 3.20. The van der Waals surface area contributed by atoms with Crippen LogP contribution < -0.4 is 0 Å². The van der Waals surface area contributed by atoms with E-state index >= 15 is 0 Å². The van der Waals surface area contributed by atoms with Gasteiger partial charge in [0.1, 0.15) is 0 Å². The number of amides is 1. The average Bonchev–Trinajstić information content (AvgIpc) is 2.59. The summed E-state index contributed by atoms with van der Waals surface area (Å²) in [6.45, 7) is 1.52. The van der Waals surface area contributed by atoms with E-state index in [4.69, 9.17) is 4.84 Å². The van der Waals surface area contributed by atoms with E-state index < -0.39 is 0 Å². The molecule has 1 aliphatic heterocycles.